The van der Waals surface area contributed by atoms with E-state index in [1.165, 1.54) is 0 Å². The smallest absolute Gasteiger partial charge is 0.319 e. The number of rotatable bonds is 5. The average molecular weight is 467 g/mol. The Morgan fingerprint density at radius 2 is 1.90 bits per heavy atom. The second-order valence-electron chi connectivity index (χ2n) is 6.91. The van der Waals surface area contributed by atoms with Crippen molar-refractivity contribution in [3.8, 4) is 0 Å². The van der Waals surface area contributed by atoms with Gasteiger partial charge in [-0.3, -0.25) is 4.79 Å². The van der Waals surface area contributed by atoms with Crippen LogP contribution >= 0.6 is 11.6 Å². The van der Waals surface area contributed by atoms with Crippen molar-refractivity contribution in [2.45, 2.75) is 24.8 Å². The molecule has 2 aromatic rings. The number of nitrogens with one attached hydrogen (secondary N) is 2. The van der Waals surface area contributed by atoms with Gasteiger partial charge in [-0.25, -0.2) is 17.6 Å². The molecule has 0 saturated carbocycles. The van der Waals surface area contributed by atoms with Gasteiger partial charge in [-0.1, -0.05) is 41.4 Å². The third kappa shape index (κ3) is 5.05. The van der Waals surface area contributed by atoms with Gasteiger partial charge in [-0.15, -0.1) is 0 Å². The lowest BCUT2D eigenvalue weighted by atomic mass is 9.88. The predicted octanol–water partition coefficient (Wildman–Crippen LogP) is 3.64. The third-order valence-corrected chi connectivity index (χ3v) is 6.46. The molecule has 1 aliphatic rings. The number of carbonyl (C=O) groups excluding carboxylic acids is 2. The summed E-state index contributed by atoms with van der Waals surface area (Å²) in [6.07, 6.45) is 0. The Bertz CT molecular complexity index is 1150. The normalized spacial score (nSPS) is 20.1. The highest BCUT2D eigenvalue weighted by atomic mass is 35.5. The van der Waals surface area contributed by atoms with Crippen molar-refractivity contribution in [2.24, 2.45) is 5.92 Å². The molecule has 0 spiro atoms. The van der Waals surface area contributed by atoms with Gasteiger partial charge in [0.2, 0.25) is 9.84 Å². The van der Waals surface area contributed by atoms with E-state index >= 15 is 0 Å². The molecule has 3 rings (SSSR count). The van der Waals surface area contributed by atoms with Crippen LogP contribution in [0.25, 0.3) is 0 Å². The molecule has 0 unspecified atom stereocenters. The molecule has 1 aliphatic heterocycles. The second kappa shape index (κ2) is 9.07. The van der Waals surface area contributed by atoms with Crippen LogP contribution in [0.4, 0.5) is 9.18 Å². The first kappa shape index (κ1) is 22.8. The zero-order valence-corrected chi connectivity index (χ0v) is 18.3. The standard InChI is InChI=1S/C21H20ClFN2O5S/c1-3-30-20(26)18-17(11-31(28,29)14-8-9-16(23)15(22)10-14)24-21(27)25-19(18)13-6-4-12(2)5-7-13/h4-11,18-19H,3H2,1-2H3,(H2,24,25,27)/b17-11+/t18-,19-/m0/s1. The molecule has 0 aliphatic carbocycles. The Balaban J connectivity index is 2.10. The highest BCUT2D eigenvalue weighted by molar-refractivity contribution is 7.94. The number of urea groups is 1. The summed E-state index contributed by atoms with van der Waals surface area (Å²) in [5.41, 5.74) is 1.42. The first-order valence-electron chi connectivity index (χ1n) is 9.35. The maximum absolute atomic E-state index is 13.4. The van der Waals surface area contributed by atoms with Crippen molar-refractivity contribution in [3.05, 3.63) is 75.5 Å². The summed E-state index contributed by atoms with van der Waals surface area (Å²) >= 11 is 5.71. The van der Waals surface area contributed by atoms with Gasteiger partial charge in [0, 0.05) is 5.70 Å². The van der Waals surface area contributed by atoms with Crippen LogP contribution in [0.15, 0.2) is 58.5 Å². The van der Waals surface area contributed by atoms with E-state index in [0.717, 1.165) is 29.2 Å². The highest BCUT2D eigenvalue weighted by Crippen LogP contribution is 2.33. The van der Waals surface area contributed by atoms with Crippen molar-refractivity contribution < 1.29 is 27.1 Å². The predicted molar refractivity (Wildman–Crippen MR) is 112 cm³/mol. The van der Waals surface area contributed by atoms with Crippen LogP contribution < -0.4 is 10.6 Å². The van der Waals surface area contributed by atoms with Crippen LogP contribution in [-0.4, -0.2) is 27.0 Å². The van der Waals surface area contributed by atoms with E-state index < -0.39 is 39.6 Å². The number of hydrogen-bond acceptors (Lipinski definition) is 5. The van der Waals surface area contributed by atoms with Gasteiger partial charge in [-0.2, -0.15) is 0 Å². The minimum absolute atomic E-state index is 0.0670. The third-order valence-electron chi connectivity index (χ3n) is 4.69. The molecule has 2 aromatic carbocycles. The lowest BCUT2D eigenvalue weighted by Crippen LogP contribution is -2.51. The number of benzene rings is 2. The Kier molecular flexibility index (Phi) is 6.66. The molecule has 2 atom stereocenters. The van der Waals surface area contributed by atoms with Crippen LogP contribution in [0.3, 0.4) is 0 Å². The molecular formula is C21H20ClFN2O5S. The van der Waals surface area contributed by atoms with E-state index in [0.29, 0.717) is 5.56 Å². The Hall–Kier alpha value is -2.91. The number of amides is 2. The van der Waals surface area contributed by atoms with Crippen LogP contribution in [0, 0.1) is 18.7 Å². The van der Waals surface area contributed by atoms with Gasteiger partial charge < -0.3 is 15.4 Å². The average Bonchev–Trinajstić information content (AvgIpc) is 2.70. The molecule has 0 aromatic heterocycles. The lowest BCUT2D eigenvalue weighted by molar-refractivity contribution is -0.147. The van der Waals surface area contributed by atoms with Gasteiger partial charge in [0.15, 0.2) is 0 Å². The number of esters is 1. The summed E-state index contributed by atoms with van der Waals surface area (Å²) in [5.74, 6) is -2.63. The van der Waals surface area contributed by atoms with Crippen molar-refractivity contribution in [3.63, 3.8) is 0 Å². The summed E-state index contributed by atoms with van der Waals surface area (Å²) in [5, 5.41) is 5.46. The zero-order chi connectivity index (χ0) is 22.8. The van der Waals surface area contributed by atoms with Gasteiger partial charge in [0.25, 0.3) is 0 Å². The fraction of sp³-hybridized carbons (Fsp3) is 0.238. The molecular weight excluding hydrogens is 447 g/mol. The Labute approximate surface area is 184 Å². The molecule has 2 N–H and O–H groups in total. The number of halogens is 2. The minimum atomic E-state index is -4.18. The van der Waals surface area contributed by atoms with E-state index in [4.69, 9.17) is 16.3 Å². The molecule has 31 heavy (non-hydrogen) atoms. The number of hydrogen-bond donors (Lipinski definition) is 2. The SMILES string of the molecule is CCOC(=O)[C@H]1/C(=C\S(=O)(=O)c2ccc(F)c(Cl)c2)NC(=O)N[C@H]1c1ccc(C)cc1. The van der Waals surface area contributed by atoms with Gasteiger partial charge >= 0.3 is 12.0 Å². The second-order valence-corrected chi connectivity index (χ2v) is 9.11. The highest BCUT2D eigenvalue weighted by Gasteiger charge is 2.40. The van der Waals surface area contributed by atoms with Gasteiger partial charge in [0.1, 0.15) is 11.7 Å². The van der Waals surface area contributed by atoms with Crippen LogP contribution in [-0.2, 0) is 19.4 Å². The molecule has 0 radical (unpaired) electrons. The molecule has 10 heteroatoms. The maximum Gasteiger partial charge on any atom is 0.319 e. The first-order valence-corrected chi connectivity index (χ1v) is 11.3. The quantitative estimate of drug-likeness (QED) is 0.517. The van der Waals surface area contributed by atoms with Crippen molar-refractivity contribution in [1.29, 1.82) is 0 Å². The Morgan fingerprint density at radius 3 is 2.52 bits per heavy atom. The summed E-state index contributed by atoms with van der Waals surface area (Å²) in [4.78, 5) is 24.8. The van der Waals surface area contributed by atoms with Crippen LogP contribution in [0.2, 0.25) is 5.02 Å². The van der Waals surface area contributed by atoms with Gasteiger partial charge in [-0.05, 0) is 37.6 Å². The number of carbonyl (C=O) groups is 2. The monoisotopic (exact) mass is 466 g/mol. The first-order chi connectivity index (χ1) is 14.6. The van der Waals surface area contributed by atoms with Gasteiger partial charge in [0.05, 0.1) is 28.0 Å². The number of ether oxygens (including phenoxy) is 1. The van der Waals surface area contributed by atoms with E-state index in [-0.39, 0.29) is 22.2 Å². The Morgan fingerprint density at radius 1 is 1.23 bits per heavy atom. The topological polar surface area (TPSA) is 102 Å². The van der Waals surface area contributed by atoms with Crippen molar-refractivity contribution in [1.82, 2.24) is 10.6 Å². The molecule has 1 fully saturated rings. The summed E-state index contributed by atoms with van der Waals surface area (Å²) in [6, 6.07) is 8.51. The zero-order valence-electron chi connectivity index (χ0n) is 16.7. The summed E-state index contributed by atoms with van der Waals surface area (Å²) in [6.45, 7) is 3.57. The van der Waals surface area contributed by atoms with E-state index in [1.807, 2.05) is 19.1 Å². The fourth-order valence-corrected chi connectivity index (χ4v) is 4.65. The molecule has 1 saturated heterocycles. The fourth-order valence-electron chi connectivity index (χ4n) is 3.19. The number of aryl methyl sites for hydroxylation is 1. The summed E-state index contributed by atoms with van der Waals surface area (Å²) in [7, 11) is -4.18. The summed E-state index contributed by atoms with van der Waals surface area (Å²) < 4.78 is 44.4. The minimum Gasteiger partial charge on any atom is -0.465 e. The maximum atomic E-state index is 13.4. The van der Waals surface area contributed by atoms with Crippen molar-refractivity contribution >= 4 is 33.4 Å². The molecule has 7 nitrogen and oxygen atoms in total. The molecule has 2 amide bonds. The van der Waals surface area contributed by atoms with Crippen LogP contribution in [0.5, 0.6) is 0 Å². The van der Waals surface area contributed by atoms with E-state index in [9.17, 15) is 22.4 Å². The molecule has 164 valence electrons. The van der Waals surface area contributed by atoms with E-state index in [1.54, 1.807) is 19.1 Å². The van der Waals surface area contributed by atoms with Crippen LogP contribution in [0.1, 0.15) is 24.1 Å². The largest absolute Gasteiger partial charge is 0.465 e. The number of sulfone groups is 1. The van der Waals surface area contributed by atoms with Crippen molar-refractivity contribution in [2.75, 3.05) is 6.61 Å². The molecule has 1 heterocycles. The lowest BCUT2D eigenvalue weighted by Gasteiger charge is -2.33. The molecule has 0 bridgehead atoms. The van der Waals surface area contributed by atoms with E-state index in [2.05, 4.69) is 10.6 Å².